The molecule has 0 aromatic heterocycles. The van der Waals surface area contributed by atoms with Gasteiger partial charge < -0.3 is 10.0 Å². The topological polar surface area (TPSA) is 23.5 Å². The van der Waals surface area contributed by atoms with Crippen LogP contribution in [0.5, 0.6) is 0 Å². The second-order valence-corrected chi connectivity index (χ2v) is 5.13. The van der Waals surface area contributed by atoms with Gasteiger partial charge in [-0.2, -0.15) is 0 Å². The molecule has 0 radical (unpaired) electrons. The largest absolute Gasteiger partial charge is 0.392 e. The summed E-state index contributed by atoms with van der Waals surface area (Å²) in [6.07, 6.45) is 4.14. The van der Waals surface area contributed by atoms with Gasteiger partial charge in [-0.25, -0.2) is 0 Å². The molecule has 0 bridgehead atoms. The van der Waals surface area contributed by atoms with Crippen LogP contribution in [0.4, 0.5) is 5.69 Å². The predicted molar refractivity (Wildman–Crippen MR) is 72.3 cm³/mol. The summed E-state index contributed by atoms with van der Waals surface area (Å²) in [5.41, 5.74) is 3.50. The smallest absolute Gasteiger partial charge is 0.0702 e. The van der Waals surface area contributed by atoms with E-state index in [4.69, 9.17) is 0 Å². The quantitative estimate of drug-likeness (QED) is 0.844. The van der Waals surface area contributed by atoms with Crippen molar-refractivity contribution in [2.75, 3.05) is 18.0 Å². The molecular formula is C15H23NO. The maximum Gasteiger partial charge on any atom is 0.0702 e. The van der Waals surface area contributed by atoms with Crippen LogP contribution in [0.1, 0.15) is 37.3 Å². The van der Waals surface area contributed by atoms with E-state index in [9.17, 15) is 5.11 Å². The molecule has 0 amide bonds. The lowest BCUT2D eigenvalue weighted by molar-refractivity contribution is 0.281. The Balaban J connectivity index is 2.16. The summed E-state index contributed by atoms with van der Waals surface area (Å²) < 4.78 is 0. The average molecular weight is 233 g/mol. The minimum Gasteiger partial charge on any atom is -0.392 e. The highest BCUT2D eigenvalue weighted by molar-refractivity contribution is 5.54. The van der Waals surface area contributed by atoms with E-state index in [1.54, 1.807) is 0 Å². The zero-order valence-corrected chi connectivity index (χ0v) is 10.9. The number of hydrogen-bond acceptors (Lipinski definition) is 2. The number of hydrogen-bond donors (Lipinski definition) is 1. The van der Waals surface area contributed by atoms with Crippen molar-refractivity contribution in [3.8, 4) is 0 Å². The van der Waals surface area contributed by atoms with Gasteiger partial charge in [0.15, 0.2) is 0 Å². The molecule has 1 aliphatic rings. The molecule has 0 heterocycles. The Kier molecular flexibility index (Phi) is 4.06. The van der Waals surface area contributed by atoms with Gasteiger partial charge in [-0.1, -0.05) is 24.1 Å². The lowest BCUT2D eigenvalue weighted by Gasteiger charge is -2.34. The first kappa shape index (κ1) is 12.4. The van der Waals surface area contributed by atoms with E-state index >= 15 is 0 Å². The van der Waals surface area contributed by atoms with Crippen LogP contribution in [0.3, 0.4) is 0 Å². The van der Waals surface area contributed by atoms with Gasteiger partial charge in [0.05, 0.1) is 6.61 Å². The van der Waals surface area contributed by atoms with Crippen LogP contribution in [0, 0.1) is 12.8 Å². The third-order valence-corrected chi connectivity index (χ3v) is 3.83. The van der Waals surface area contributed by atoms with Crippen molar-refractivity contribution in [3.05, 3.63) is 29.3 Å². The fraction of sp³-hybridized carbons (Fsp3) is 0.600. The molecule has 1 N–H and O–H groups in total. The molecule has 0 unspecified atom stereocenters. The minimum absolute atomic E-state index is 0.137. The molecule has 1 saturated carbocycles. The average Bonchev–Trinajstić information content (AvgIpc) is 2.29. The molecule has 1 fully saturated rings. The van der Waals surface area contributed by atoms with Crippen LogP contribution in [0.25, 0.3) is 0 Å². The Labute approximate surface area is 104 Å². The zero-order chi connectivity index (χ0) is 12.3. The Hall–Kier alpha value is -1.02. The summed E-state index contributed by atoms with van der Waals surface area (Å²) in [7, 11) is 0. The first-order chi connectivity index (χ1) is 8.24. The van der Waals surface area contributed by atoms with Crippen LogP contribution in [-0.4, -0.2) is 18.2 Å². The molecule has 0 spiro atoms. The second kappa shape index (κ2) is 5.54. The summed E-state index contributed by atoms with van der Waals surface area (Å²) in [5.74, 6) is 0.864. The first-order valence-electron chi connectivity index (χ1n) is 6.70. The van der Waals surface area contributed by atoms with Gasteiger partial charge in [-0.15, -0.1) is 0 Å². The Morgan fingerprint density at radius 2 is 2.12 bits per heavy atom. The summed E-state index contributed by atoms with van der Waals surface area (Å²) in [4.78, 5) is 2.41. The molecule has 2 nitrogen and oxygen atoms in total. The normalized spacial score (nSPS) is 15.7. The fourth-order valence-corrected chi connectivity index (χ4v) is 2.53. The number of aliphatic hydroxyl groups excluding tert-OH is 1. The van der Waals surface area contributed by atoms with Crippen LogP contribution >= 0.6 is 0 Å². The number of rotatable bonds is 5. The summed E-state index contributed by atoms with van der Waals surface area (Å²) in [6.45, 7) is 6.57. The first-order valence-corrected chi connectivity index (χ1v) is 6.70. The van der Waals surface area contributed by atoms with E-state index in [1.807, 2.05) is 0 Å². The lowest BCUT2D eigenvalue weighted by Crippen LogP contribution is -2.33. The predicted octanol–water partition coefficient (Wildman–Crippen LogP) is 3.11. The number of anilines is 1. The van der Waals surface area contributed by atoms with Crippen molar-refractivity contribution in [1.82, 2.24) is 0 Å². The monoisotopic (exact) mass is 233 g/mol. The van der Waals surface area contributed by atoms with Gasteiger partial charge in [0.25, 0.3) is 0 Å². The van der Waals surface area contributed by atoms with Gasteiger partial charge in [0, 0.05) is 24.3 Å². The molecule has 0 aliphatic heterocycles. The molecule has 1 aromatic carbocycles. The van der Waals surface area contributed by atoms with Crippen molar-refractivity contribution < 1.29 is 5.11 Å². The van der Waals surface area contributed by atoms with Crippen LogP contribution in [0.2, 0.25) is 0 Å². The summed E-state index contributed by atoms with van der Waals surface area (Å²) in [5, 5.41) is 9.47. The second-order valence-electron chi connectivity index (χ2n) is 5.13. The third kappa shape index (κ3) is 2.81. The van der Waals surface area contributed by atoms with Gasteiger partial charge >= 0.3 is 0 Å². The SMILES string of the molecule is CCN(CC1CCC1)c1ccc(C)cc1CO. The molecular weight excluding hydrogens is 210 g/mol. The van der Waals surface area contributed by atoms with E-state index in [1.165, 1.54) is 30.5 Å². The fourth-order valence-electron chi connectivity index (χ4n) is 2.53. The molecule has 0 saturated heterocycles. The Morgan fingerprint density at radius 1 is 1.35 bits per heavy atom. The molecule has 1 aromatic rings. The zero-order valence-electron chi connectivity index (χ0n) is 10.9. The Morgan fingerprint density at radius 3 is 2.65 bits per heavy atom. The van der Waals surface area contributed by atoms with Crippen molar-refractivity contribution in [2.45, 2.75) is 39.7 Å². The maximum atomic E-state index is 9.47. The Bertz CT molecular complexity index is 371. The molecule has 94 valence electrons. The van der Waals surface area contributed by atoms with Crippen molar-refractivity contribution in [1.29, 1.82) is 0 Å². The van der Waals surface area contributed by atoms with Crippen molar-refractivity contribution in [3.63, 3.8) is 0 Å². The lowest BCUT2D eigenvalue weighted by atomic mass is 9.85. The highest BCUT2D eigenvalue weighted by Crippen LogP contribution is 2.30. The van der Waals surface area contributed by atoms with Crippen molar-refractivity contribution in [2.24, 2.45) is 5.92 Å². The van der Waals surface area contributed by atoms with E-state index in [0.29, 0.717) is 0 Å². The number of nitrogens with zero attached hydrogens (tertiary/aromatic N) is 1. The van der Waals surface area contributed by atoms with Crippen LogP contribution in [-0.2, 0) is 6.61 Å². The van der Waals surface area contributed by atoms with Gasteiger partial charge in [-0.05, 0) is 38.7 Å². The molecule has 2 rings (SSSR count). The number of aryl methyl sites for hydroxylation is 1. The van der Waals surface area contributed by atoms with E-state index in [-0.39, 0.29) is 6.61 Å². The summed E-state index contributed by atoms with van der Waals surface area (Å²) >= 11 is 0. The summed E-state index contributed by atoms with van der Waals surface area (Å²) in [6, 6.07) is 6.39. The number of benzene rings is 1. The maximum absolute atomic E-state index is 9.47. The molecule has 17 heavy (non-hydrogen) atoms. The molecule has 0 atom stereocenters. The van der Waals surface area contributed by atoms with E-state index in [2.05, 4.69) is 36.9 Å². The number of aliphatic hydroxyl groups is 1. The van der Waals surface area contributed by atoms with E-state index < -0.39 is 0 Å². The standard InChI is InChI=1S/C15H23NO/c1-3-16(10-13-5-4-6-13)15-8-7-12(2)9-14(15)11-17/h7-9,13,17H,3-6,10-11H2,1-2H3. The van der Waals surface area contributed by atoms with Crippen LogP contribution < -0.4 is 4.90 Å². The minimum atomic E-state index is 0.137. The highest BCUT2D eigenvalue weighted by Gasteiger charge is 2.21. The molecule has 1 aliphatic carbocycles. The highest BCUT2D eigenvalue weighted by atomic mass is 16.3. The van der Waals surface area contributed by atoms with Crippen molar-refractivity contribution >= 4 is 5.69 Å². The van der Waals surface area contributed by atoms with Crippen LogP contribution in [0.15, 0.2) is 18.2 Å². The van der Waals surface area contributed by atoms with E-state index in [0.717, 1.165) is 24.6 Å². The molecule has 2 heteroatoms. The third-order valence-electron chi connectivity index (χ3n) is 3.83. The van der Waals surface area contributed by atoms with Gasteiger partial charge in [0.2, 0.25) is 0 Å². The van der Waals surface area contributed by atoms with Gasteiger partial charge in [-0.3, -0.25) is 0 Å². The van der Waals surface area contributed by atoms with Gasteiger partial charge in [0.1, 0.15) is 0 Å².